The molecule has 0 amide bonds. The van der Waals surface area contributed by atoms with Crippen molar-refractivity contribution in [1.29, 1.82) is 5.26 Å². The largest absolute Gasteiger partial charge is 0.351 e. The first-order valence-electron chi connectivity index (χ1n) is 7.79. The minimum absolute atomic E-state index is 0.295. The van der Waals surface area contributed by atoms with Gasteiger partial charge in [0.1, 0.15) is 6.07 Å². The number of rotatable bonds is 4. The number of hydrogen-bond donors (Lipinski definition) is 0. The first-order chi connectivity index (χ1) is 11.3. The van der Waals surface area contributed by atoms with Crippen molar-refractivity contribution in [1.82, 2.24) is 20.4 Å². The van der Waals surface area contributed by atoms with Crippen LogP contribution in [0.2, 0.25) is 0 Å². The van der Waals surface area contributed by atoms with E-state index in [9.17, 15) is 5.26 Å². The third-order valence-corrected chi connectivity index (χ3v) is 4.56. The molecule has 0 N–H and O–H groups in total. The van der Waals surface area contributed by atoms with Gasteiger partial charge in [0.2, 0.25) is 0 Å². The molecule has 0 radical (unpaired) electrons. The summed E-state index contributed by atoms with van der Waals surface area (Å²) in [7, 11) is 1.95. The molecule has 0 spiro atoms. The fourth-order valence-electron chi connectivity index (χ4n) is 2.83. The van der Waals surface area contributed by atoms with Gasteiger partial charge in [-0.2, -0.15) is 15.5 Å². The van der Waals surface area contributed by atoms with E-state index in [1.54, 1.807) is 12.3 Å². The highest BCUT2D eigenvalue weighted by Gasteiger charge is 2.33. The molecule has 0 bridgehead atoms. The molecule has 2 aromatic heterocycles. The van der Waals surface area contributed by atoms with Gasteiger partial charge in [-0.05, 0) is 31.0 Å². The number of nitrogens with zero attached hydrogens (tertiary/aromatic N) is 7. The van der Waals surface area contributed by atoms with E-state index in [1.807, 2.05) is 11.9 Å². The molecule has 116 valence electrons. The molecule has 7 heteroatoms. The zero-order valence-corrected chi connectivity index (χ0v) is 12.9. The Morgan fingerprint density at radius 3 is 2.65 bits per heavy atom. The van der Waals surface area contributed by atoms with Crippen LogP contribution in [-0.4, -0.2) is 46.6 Å². The minimum Gasteiger partial charge on any atom is -0.351 e. The van der Waals surface area contributed by atoms with Gasteiger partial charge in [0.15, 0.2) is 11.6 Å². The second kappa shape index (κ2) is 5.47. The Balaban J connectivity index is 1.41. The zero-order chi connectivity index (χ0) is 15.8. The Labute approximate surface area is 134 Å². The fraction of sp³-hybridized carbons (Fsp3) is 0.438. The lowest BCUT2D eigenvalue weighted by Crippen LogP contribution is -2.59. The SMILES string of the molecule is CN(c1nnccc1C#N)C1CN(c2ccc(C3CC3)nn2)C1. The van der Waals surface area contributed by atoms with Crippen LogP contribution in [0, 0.1) is 11.3 Å². The molecule has 2 fully saturated rings. The summed E-state index contributed by atoms with van der Waals surface area (Å²) in [6, 6.07) is 8.30. The van der Waals surface area contributed by atoms with Gasteiger partial charge in [0.25, 0.3) is 0 Å². The number of nitriles is 1. The van der Waals surface area contributed by atoms with E-state index in [0.717, 1.165) is 24.6 Å². The van der Waals surface area contributed by atoms with Crippen molar-refractivity contribution < 1.29 is 0 Å². The second-order valence-electron chi connectivity index (χ2n) is 6.14. The predicted molar refractivity (Wildman–Crippen MR) is 85.2 cm³/mol. The van der Waals surface area contributed by atoms with Gasteiger partial charge in [-0.25, -0.2) is 0 Å². The molecule has 2 aromatic rings. The highest BCUT2D eigenvalue weighted by molar-refractivity contribution is 5.55. The lowest BCUT2D eigenvalue weighted by atomic mass is 10.1. The summed E-state index contributed by atoms with van der Waals surface area (Å²) in [5, 5.41) is 25.8. The minimum atomic E-state index is 0.295. The molecule has 1 saturated carbocycles. The van der Waals surface area contributed by atoms with Crippen LogP contribution >= 0.6 is 0 Å². The molecule has 7 nitrogen and oxygen atoms in total. The van der Waals surface area contributed by atoms with Gasteiger partial charge >= 0.3 is 0 Å². The van der Waals surface area contributed by atoms with Crippen LogP contribution in [0.3, 0.4) is 0 Å². The summed E-state index contributed by atoms with van der Waals surface area (Å²) in [4.78, 5) is 4.21. The Morgan fingerprint density at radius 1 is 1.17 bits per heavy atom. The third kappa shape index (κ3) is 2.57. The van der Waals surface area contributed by atoms with Crippen molar-refractivity contribution >= 4 is 11.6 Å². The van der Waals surface area contributed by atoms with Crippen LogP contribution < -0.4 is 9.80 Å². The summed E-state index contributed by atoms with van der Waals surface area (Å²) in [5.41, 5.74) is 1.66. The highest BCUT2D eigenvalue weighted by Crippen LogP contribution is 2.39. The summed E-state index contributed by atoms with van der Waals surface area (Å²) < 4.78 is 0. The van der Waals surface area contributed by atoms with E-state index in [0.29, 0.717) is 23.3 Å². The number of hydrogen-bond acceptors (Lipinski definition) is 7. The molecule has 23 heavy (non-hydrogen) atoms. The highest BCUT2D eigenvalue weighted by atomic mass is 15.4. The molecule has 1 aliphatic carbocycles. The lowest BCUT2D eigenvalue weighted by Gasteiger charge is -2.44. The normalized spacial score (nSPS) is 17.5. The first kappa shape index (κ1) is 13.9. The number of likely N-dealkylation sites (N-methyl/N-ethyl adjacent to an activating group) is 1. The Morgan fingerprint density at radius 2 is 2.00 bits per heavy atom. The molecule has 0 atom stereocenters. The van der Waals surface area contributed by atoms with Crippen molar-refractivity contribution in [2.45, 2.75) is 24.8 Å². The molecular formula is C16H17N7. The molecule has 2 aliphatic rings. The van der Waals surface area contributed by atoms with Crippen LogP contribution in [-0.2, 0) is 0 Å². The van der Waals surface area contributed by atoms with Gasteiger partial charge in [-0.1, -0.05) is 0 Å². The van der Waals surface area contributed by atoms with Gasteiger partial charge < -0.3 is 9.80 Å². The molecule has 0 aromatic carbocycles. The summed E-state index contributed by atoms with van der Waals surface area (Å²) in [6.45, 7) is 1.69. The van der Waals surface area contributed by atoms with Gasteiger partial charge in [-0.15, -0.1) is 10.2 Å². The van der Waals surface area contributed by atoms with E-state index >= 15 is 0 Å². The standard InChI is InChI=1S/C16H17N7/c1-22(16-12(8-17)6-7-18-21-16)13-9-23(10-13)15-5-4-14(19-20-15)11-2-3-11/h4-7,11,13H,2-3,9-10H2,1H3. The predicted octanol–water partition coefficient (Wildman–Crippen LogP) is 1.34. The maximum absolute atomic E-state index is 9.17. The van der Waals surface area contributed by atoms with Crippen LogP contribution in [0.15, 0.2) is 24.4 Å². The average Bonchev–Trinajstić information content (AvgIpc) is 3.39. The average molecular weight is 307 g/mol. The van der Waals surface area contributed by atoms with Crippen molar-refractivity contribution in [2.75, 3.05) is 29.9 Å². The van der Waals surface area contributed by atoms with E-state index < -0.39 is 0 Å². The molecule has 4 rings (SSSR count). The smallest absolute Gasteiger partial charge is 0.169 e. The number of anilines is 2. The van der Waals surface area contributed by atoms with E-state index in [1.165, 1.54) is 12.8 Å². The molecule has 0 unspecified atom stereocenters. The van der Waals surface area contributed by atoms with Gasteiger partial charge in [-0.3, -0.25) is 0 Å². The van der Waals surface area contributed by atoms with E-state index in [2.05, 4.69) is 43.5 Å². The van der Waals surface area contributed by atoms with Crippen molar-refractivity contribution in [3.8, 4) is 6.07 Å². The summed E-state index contributed by atoms with van der Waals surface area (Å²) >= 11 is 0. The fourth-order valence-corrected chi connectivity index (χ4v) is 2.83. The van der Waals surface area contributed by atoms with Crippen LogP contribution in [0.25, 0.3) is 0 Å². The Kier molecular flexibility index (Phi) is 3.30. The second-order valence-corrected chi connectivity index (χ2v) is 6.14. The van der Waals surface area contributed by atoms with Crippen LogP contribution in [0.4, 0.5) is 11.6 Å². The Hall–Kier alpha value is -2.75. The molecule has 1 saturated heterocycles. The van der Waals surface area contributed by atoms with Crippen LogP contribution in [0.5, 0.6) is 0 Å². The van der Waals surface area contributed by atoms with Gasteiger partial charge in [0, 0.05) is 26.1 Å². The lowest BCUT2D eigenvalue weighted by molar-refractivity contribution is 0.486. The molecule has 3 heterocycles. The van der Waals surface area contributed by atoms with Crippen molar-refractivity contribution in [2.24, 2.45) is 0 Å². The topological polar surface area (TPSA) is 81.8 Å². The Bertz CT molecular complexity index is 742. The summed E-state index contributed by atoms with van der Waals surface area (Å²) in [5.74, 6) is 2.18. The third-order valence-electron chi connectivity index (χ3n) is 4.56. The maximum atomic E-state index is 9.17. The quantitative estimate of drug-likeness (QED) is 0.843. The zero-order valence-electron chi connectivity index (χ0n) is 12.9. The van der Waals surface area contributed by atoms with Crippen molar-refractivity contribution in [3.05, 3.63) is 35.7 Å². The number of aromatic nitrogens is 4. The van der Waals surface area contributed by atoms with Crippen LogP contribution in [0.1, 0.15) is 30.0 Å². The monoisotopic (exact) mass is 307 g/mol. The maximum Gasteiger partial charge on any atom is 0.169 e. The summed E-state index contributed by atoms with van der Waals surface area (Å²) in [6.07, 6.45) is 4.02. The van der Waals surface area contributed by atoms with E-state index in [-0.39, 0.29) is 0 Å². The van der Waals surface area contributed by atoms with E-state index in [4.69, 9.17) is 0 Å². The van der Waals surface area contributed by atoms with Crippen molar-refractivity contribution in [3.63, 3.8) is 0 Å². The molecular weight excluding hydrogens is 290 g/mol. The van der Waals surface area contributed by atoms with Gasteiger partial charge in [0.05, 0.1) is 23.5 Å². The first-order valence-corrected chi connectivity index (χ1v) is 7.79. The molecule has 1 aliphatic heterocycles.